The van der Waals surface area contributed by atoms with Crippen LogP contribution in [0.25, 0.3) is 0 Å². The van der Waals surface area contributed by atoms with Crippen molar-refractivity contribution in [2.24, 2.45) is 51.8 Å². The summed E-state index contributed by atoms with van der Waals surface area (Å²) in [5.74, 6) is -0.0667. The summed E-state index contributed by atoms with van der Waals surface area (Å²) >= 11 is 0. The zero-order valence-corrected chi connectivity index (χ0v) is 94.0. The number of carbonyl (C=O) groups is 13. The number of piperidine rings is 4. The van der Waals surface area contributed by atoms with E-state index in [0.29, 0.717) is 60.3 Å². The second kappa shape index (κ2) is 60.0. The molecule has 0 aromatic carbocycles. The number of allylic oxidation sites excluding steroid dienone is 3. The normalized spacial score (nSPS) is 22.1. The number of likely N-dealkylation sites (tertiary alicyclic amines) is 6. The summed E-state index contributed by atoms with van der Waals surface area (Å²) < 4.78 is 5.46. The first-order valence-electron chi connectivity index (χ1n) is 52.9. The van der Waals surface area contributed by atoms with Crippen molar-refractivity contribution in [2.45, 2.75) is 475 Å². The van der Waals surface area contributed by atoms with Gasteiger partial charge in [0.25, 0.3) is 0 Å². The highest BCUT2D eigenvalue weighted by molar-refractivity contribution is 5.96. The number of nitrogens with zero attached hydrogens (tertiary/aromatic N) is 10. The third kappa shape index (κ3) is 38.6. The van der Waals surface area contributed by atoms with Crippen LogP contribution in [0, 0.1) is 51.8 Å². The van der Waals surface area contributed by atoms with Gasteiger partial charge < -0.3 is 50.5 Å². The van der Waals surface area contributed by atoms with E-state index in [-0.39, 0.29) is 181 Å². The molecule has 6 saturated heterocycles. The van der Waals surface area contributed by atoms with Gasteiger partial charge in [-0.3, -0.25) is 82.0 Å². The van der Waals surface area contributed by atoms with Crippen LogP contribution in [0.4, 0.5) is 0 Å². The molecular weight excluding hydrogens is 1770 g/mol. The summed E-state index contributed by atoms with van der Waals surface area (Å²) in [7, 11) is 9.12. The van der Waals surface area contributed by atoms with Crippen LogP contribution in [0.5, 0.6) is 0 Å². The van der Waals surface area contributed by atoms with E-state index in [9.17, 15) is 62.3 Å². The van der Waals surface area contributed by atoms with E-state index in [0.717, 1.165) is 142 Å². The number of ether oxygens (including phenoxy) is 1. The SMILES string of the molecule is C.C.CC(=O)/C(C)=C/[C@H](C(C)C)N(C)C(=O)[C@@H](NC(=O)[C@H]1CCCCN1C(C)C(C)C)C(C)(C)C.CC(C)OC(=O)[C@@H]1CCCN1C(=O)[C@@H]1CCCN1C[C@H](C(C)C)N(C)C(=O)[C@@H](NC(=O)[C@H]1CCCCN1C)C(C)(C)C.CCC(C)N1CCCC[C@@H]1C(=O)N[C@H](C(=O)N(C)[C@H](/C=C(\C)C(C)=O)C(C)C)C(C)(C)C.CCC(C)N1CCCC[C@@H]1C(=O)N[C@H](C(=O)N(C)[C@H](/C=C(\C)C(C)=O)C(C)C)C(C)C. The van der Waals surface area contributed by atoms with E-state index in [4.69, 9.17) is 4.74 Å². The first-order valence-corrected chi connectivity index (χ1v) is 52.9. The van der Waals surface area contributed by atoms with Crippen LogP contribution in [0.15, 0.2) is 34.9 Å². The number of nitrogens with one attached hydrogen (secondary N) is 4. The van der Waals surface area contributed by atoms with Gasteiger partial charge >= 0.3 is 5.97 Å². The summed E-state index contributed by atoms with van der Waals surface area (Å²) in [6.45, 7) is 72.6. The highest BCUT2D eigenvalue weighted by atomic mass is 16.5. The number of hydrogen-bond acceptors (Lipinski definition) is 19. The van der Waals surface area contributed by atoms with E-state index in [1.54, 1.807) is 66.4 Å². The van der Waals surface area contributed by atoms with Crippen LogP contribution in [-0.4, -0.2) is 315 Å². The van der Waals surface area contributed by atoms with E-state index < -0.39 is 46.5 Å². The predicted octanol–water partition coefficient (Wildman–Crippen LogP) is 16.6. The molecule has 6 rings (SSSR count). The summed E-state index contributed by atoms with van der Waals surface area (Å²) in [6, 6.07) is -4.01. The van der Waals surface area contributed by atoms with Crippen molar-refractivity contribution in [3.8, 4) is 0 Å². The zero-order valence-electron chi connectivity index (χ0n) is 94.0. The molecule has 6 fully saturated rings. The molecule has 0 bridgehead atoms. The molecule has 6 aliphatic heterocycles. The maximum absolute atomic E-state index is 14.1. The van der Waals surface area contributed by atoms with Crippen LogP contribution in [0.3, 0.4) is 0 Å². The molecule has 3 unspecified atom stereocenters. The minimum atomic E-state index is -0.667. The minimum Gasteiger partial charge on any atom is -0.461 e. The Morgan fingerprint density at radius 2 is 0.671 bits per heavy atom. The lowest BCUT2D eigenvalue weighted by Crippen LogP contribution is -2.61. The quantitative estimate of drug-likeness (QED) is 0.0330. The van der Waals surface area contributed by atoms with Crippen LogP contribution in [-0.2, 0) is 67.1 Å². The average molecular weight is 1970 g/mol. The Labute approximate surface area is 851 Å². The lowest BCUT2D eigenvalue weighted by Gasteiger charge is -2.42. The van der Waals surface area contributed by atoms with Gasteiger partial charge in [0.2, 0.25) is 53.2 Å². The van der Waals surface area contributed by atoms with Gasteiger partial charge in [0.05, 0.1) is 54.4 Å². The Balaban J connectivity index is 0.000000937. The molecule has 6 heterocycles. The minimum absolute atomic E-state index is 0. The molecule has 28 heteroatoms. The first kappa shape index (κ1) is 131. The summed E-state index contributed by atoms with van der Waals surface area (Å²) in [4.78, 5) is 190. The Bertz CT molecular complexity index is 4040. The molecule has 28 nitrogen and oxygen atoms in total. The van der Waals surface area contributed by atoms with Gasteiger partial charge in [-0.05, 0) is 274 Å². The van der Waals surface area contributed by atoms with Crippen molar-refractivity contribution in [3.05, 3.63) is 34.9 Å². The van der Waals surface area contributed by atoms with Gasteiger partial charge in [0.15, 0.2) is 17.3 Å². The Hall–Kier alpha value is -7.27. The van der Waals surface area contributed by atoms with Crippen molar-refractivity contribution in [1.82, 2.24) is 70.3 Å². The Morgan fingerprint density at radius 1 is 0.357 bits per heavy atom. The van der Waals surface area contributed by atoms with Gasteiger partial charge in [0.1, 0.15) is 30.2 Å². The number of likely N-dealkylation sites (N-methyl/N-ethyl adjacent to an activating group) is 5. The van der Waals surface area contributed by atoms with Crippen molar-refractivity contribution in [3.63, 3.8) is 0 Å². The van der Waals surface area contributed by atoms with Crippen LogP contribution in [0.2, 0.25) is 0 Å². The first-order chi connectivity index (χ1) is 63.8. The monoisotopic (exact) mass is 1970 g/mol. The number of ketones is 3. The topological polar surface area (TPSA) is 312 Å². The zero-order chi connectivity index (χ0) is 106. The number of carbonyl (C=O) groups excluding carboxylic acids is 13. The number of amides is 9. The molecule has 0 aromatic rings. The average Bonchev–Trinajstić information content (AvgIpc) is 1.56. The molecule has 0 aromatic heterocycles. The molecule has 808 valence electrons. The van der Waals surface area contributed by atoms with E-state index >= 15 is 0 Å². The van der Waals surface area contributed by atoms with Gasteiger partial charge in [-0.25, -0.2) is 4.79 Å². The van der Waals surface area contributed by atoms with Crippen molar-refractivity contribution in [1.29, 1.82) is 0 Å². The molecule has 140 heavy (non-hydrogen) atoms. The molecule has 9 amide bonds. The smallest absolute Gasteiger partial charge is 0.329 e. The predicted molar refractivity (Wildman–Crippen MR) is 571 cm³/mol. The van der Waals surface area contributed by atoms with Crippen molar-refractivity contribution in [2.75, 3.05) is 81.1 Å². The third-order valence-corrected chi connectivity index (χ3v) is 30.1. The van der Waals surface area contributed by atoms with E-state index in [2.05, 4.69) is 108 Å². The largest absolute Gasteiger partial charge is 0.461 e. The number of Topliss-reactive ketones (excluding diaryl/α,β-unsaturated/α-hetero) is 3. The molecule has 6 aliphatic rings. The standard InChI is InChI=1S/C32H57N5O5.C27H49N3O3.C26H47N3O3.C25H45N3O3.2CH4/c1-21(2)26(35(9)30(40)27(32(5,6)7)33-28(38)23-14-10-11-17-34(23)8)20-36-18-12-15-24(36)29(39)37-19-13-16-25(37)31(41)42-22(3)4;1-17(2)20(6)30-15-13-12-14-22(30)25(32)28-24(27(8,9)10)26(33)29(11)23(18(3)4)16-19(5)21(7)31;1-11-19(5)29-15-13-12-14-21(29)24(31)27-23(26(7,8)9)25(32)28(10)22(17(2)3)16-18(4)20(6)30;1-10-19(7)28-14-12-11-13-21(28)24(30)26-23(17(4)5)25(31)27(9)22(16(2)3)15-18(6)20(8)29;;/h21-27H,10-20H2,1-9H3,(H,33,38);16-18,20,22-24H,12-15H2,1-11H3,(H,28,32);16-17,19,21-23H,11-15H2,1-10H3,(H,27,31);15-17,19,21-23H,10-14H2,1-9H3,(H,26,30);2*1H4/b;19-16+;18-16+;18-15+;;/t23-,24+,25+,26-,27-;20?,22-,23-,24-;19?,21-,22-,23-;19?,21-,22-,23+;;/m1111../s1. The van der Waals surface area contributed by atoms with Gasteiger partial charge in [-0.15, -0.1) is 0 Å². The summed E-state index contributed by atoms with van der Waals surface area (Å²) in [5.41, 5.74) is 0.561. The number of esters is 1. The van der Waals surface area contributed by atoms with Crippen LogP contribution < -0.4 is 21.3 Å². The van der Waals surface area contributed by atoms with E-state index in [1.165, 1.54) is 20.8 Å². The third-order valence-electron chi connectivity index (χ3n) is 30.1. The fraction of sp³-hybridized carbons (Fsp3) is 0.830. The van der Waals surface area contributed by atoms with Gasteiger partial charge in [-0.2, -0.15) is 0 Å². The molecule has 0 aliphatic carbocycles. The van der Waals surface area contributed by atoms with Gasteiger partial charge in [0, 0.05) is 65.4 Å². The van der Waals surface area contributed by atoms with Gasteiger partial charge in [-0.1, -0.05) is 218 Å². The highest BCUT2D eigenvalue weighted by Crippen LogP contribution is 2.35. The fourth-order valence-corrected chi connectivity index (χ4v) is 19.9. The maximum Gasteiger partial charge on any atom is 0.329 e. The molecule has 0 radical (unpaired) electrons. The van der Waals surface area contributed by atoms with Crippen molar-refractivity contribution < 1.29 is 67.1 Å². The molecule has 0 spiro atoms. The van der Waals surface area contributed by atoms with E-state index in [1.807, 2.05) is 164 Å². The summed E-state index contributed by atoms with van der Waals surface area (Å²) in [6.07, 6.45) is 22.2. The fourth-order valence-electron chi connectivity index (χ4n) is 19.9. The molecule has 17 atom stereocenters. The number of hydrogen-bond donors (Lipinski definition) is 4. The maximum atomic E-state index is 14.1. The summed E-state index contributed by atoms with van der Waals surface area (Å²) in [5, 5.41) is 12.5. The Morgan fingerprint density at radius 3 is 1.00 bits per heavy atom. The molecule has 0 saturated carbocycles. The Kier molecular flexibility index (Phi) is 56.0. The molecule has 4 N–H and O–H groups in total. The lowest BCUT2D eigenvalue weighted by molar-refractivity contribution is -0.158. The van der Waals surface area contributed by atoms with Crippen LogP contribution >= 0.6 is 0 Å². The molecular formula is C112H206N14O14. The second-order valence-electron chi connectivity index (χ2n) is 46.8. The van der Waals surface area contributed by atoms with Crippen molar-refractivity contribution >= 4 is 76.5 Å². The number of rotatable bonds is 38. The second-order valence-corrected chi connectivity index (χ2v) is 46.8. The van der Waals surface area contributed by atoms with Crippen LogP contribution in [0.1, 0.15) is 366 Å². The lowest BCUT2D eigenvalue weighted by atomic mass is 9.84. The highest BCUT2D eigenvalue weighted by Gasteiger charge is 2.48.